The second kappa shape index (κ2) is 7.73. The number of aliphatic hydroxyl groups excluding tert-OH is 1. The summed E-state index contributed by atoms with van der Waals surface area (Å²) in [5.41, 5.74) is 3.45. The lowest BCUT2D eigenvalue weighted by Gasteiger charge is -2.26. The zero-order valence-corrected chi connectivity index (χ0v) is 14.4. The lowest BCUT2D eigenvalue weighted by atomic mass is 10.0. The molecule has 0 spiro atoms. The van der Waals surface area contributed by atoms with Crippen molar-refractivity contribution in [2.75, 3.05) is 24.5 Å². The maximum Gasteiger partial charge on any atom is 0.151 e. The second-order valence-electron chi connectivity index (χ2n) is 6.59. The molecule has 0 aliphatic carbocycles. The molecule has 2 aromatic rings. The van der Waals surface area contributed by atoms with E-state index in [4.69, 9.17) is 0 Å². The number of nitrogens with zero attached hydrogens (tertiary/aromatic N) is 3. The van der Waals surface area contributed by atoms with Gasteiger partial charge in [-0.05, 0) is 55.5 Å². The summed E-state index contributed by atoms with van der Waals surface area (Å²) in [5.74, 6) is 0.941. The minimum absolute atomic E-state index is 0.411. The summed E-state index contributed by atoms with van der Waals surface area (Å²) in [6.45, 7) is 6.59. The van der Waals surface area contributed by atoms with Crippen LogP contribution in [0.2, 0.25) is 0 Å². The van der Waals surface area contributed by atoms with Crippen molar-refractivity contribution in [2.24, 2.45) is 0 Å². The van der Waals surface area contributed by atoms with E-state index in [0.29, 0.717) is 12.6 Å². The van der Waals surface area contributed by atoms with Crippen LogP contribution in [0.1, 0.15) is 35.6 Å². The Labute approximate surface area is 143 Å². The van der Waals surface area contributed by atoms with Crippen LogP contribution in [0.4, 0.5) is 5.82 Å². The molecule has 1 saturated heterocycles. The van der Waals surface area contributed by atoms with Gasteiger partial charge in [-0.1, -0.05) is 18.2 Å². The van der Waals surface area contributed by atoms with Gasteiger partial charge in [-0.2, -0.15) is 5.10 Å². The van der Waals surface area contributed by atoms with Gasteiger partial charge in [-0.3, -0.25) is 0 Å². The first-order valence-electron chi connectivity index (χ1n) is 8.65. The van der Waals surface area contributed by atoms with Crippen molar-refractivity contribution in [1.29, 1.82) is 0 Å². The quantitative estimate of drug-likeness (QED) is 0.853. The summed E-state index contributed by atoms with van der Waals surface area (Å²) < 4.78 is 0. The molecule has 0 saturated carbocycles. The van der Waals surface area contributed by atoms with E-state index in [1.807, 2.05) is 18.2 Å². The fourth-order valence-electron chi connectivity index (χ4n) is 3.27. The van der Waals surface area contributed by atoms with Gasteiger partial charge in [0.25, 0.3) is 0 Å². The highest BCUT2D eigenvalue weighted by molar-refractivity contribution is 5.39. The lowest BCUT2D eigenvalue weighted by molar-refractivity contribution is 0.174. The normalized spacial score (nSPS) is 18.8. The summed E-state index contributed by atoms with van der Waals surface area (Å²) in [6, 6.07) is 10.5. The molecule has 1 aliphatic heterocycles. The standard InChI is InChI=1S/C19H26N4O/c1-14-7-8-16(11-15(14)2)18(24)13-20-12-17-5-4-10-23(17)19-6-3-9-21-22-19/h3,6-9,11,17-18,20,24H,4-5,10,12-13H2,1-2H3/t17-,18-/m1/s1. The van der Waals surface area contributed by atoms with Crippen LogP contribution < -0.4 is 10.2 Å². The van der Waals surface area contributed by atoms with E-state index in [-0.39, 0.29) is 0 Å². The molecule has 1 aromatic carbocycles. The molecule has 128 valence electrons. The number of rotatable bonds is 6. The van der Waals surface area contributed by atoms with Gasteiger partial charge in [0.15, 0.2) is 5.82 Å². The average Bonchev–Trinajstić information content (AvgIpc) is 3.06. The Hall–Kier alpha value is -1.98. The van der Waals surface area contributed by atoms with Gasteiger partial charge in [0.2, 0.25) is 0 Å². The molecule has 0 radical (unpaired) electrons. The second-order valence-corrected chi connectivity index (χ2v) is 6.59. The van der Waals surface area contributed by atoms with Crippen LogP contribution >= 0.6 is 0 Å². The molecule has 24 heavy (non-hydrogen) atoms. The summed E-state index contributed by atoms with van der Waals surface area (Å²) in [6.07, 6.45) is 3.54. The highest BCUT2D eigenvalue weighted by Gasteiger charge is 2.25. The smallest absolute Gasteiger partial charge is 0.151 e. The van der Waals surface area contributed by atoms with Crippen LogP contribution in [-0.2, 0) is 0 Å². The first-order chi connectivity index (χ1) is 11.6. The third-order valence-corrected chi connectivity index (χ3v) is 4.86. The van der Waals surface area contributed by atoms with Crippen molar-refractivity contribution in [3.05, 3.63) is 53.2 Å². The predicted molar refractivity (Wildman–Crippen MR) is 96.1 cm³/mol. The number of aryl methyl sites for hydroxylation is 2. The van der Waals surface area contributed by atoms with Crippen molar-refractivity contribution in [3.8, 4) is 0 Å². The Morgan fingerprint density at radius 2 is 2.17 bits per heavy atom. The Kier molecular flexibility index (Phi) is 5.43. The number of aliphatic hydroxyl groups is 1. The number of aromatic nitrogens is 2. The largest absolute Gasteiger partial charge is 0.387 e. The molecule has 2 atom stereocenters. The van der Waals surface area contributed by atoms with Gasteiger partial charge in [0, 0.05) is 31.9 Å². The molecular weight excluding hydrogens is 300 g/mol. The molecule has 3 rings (SSSR count). The Balaban J connectivity index is 1.53. The molecule has 1 aliphatic rings. The molecule has 5 heteroatoms. The number of anilines is 1. The van der Waals surface area contributed by atoms with Gasteiger partial charge in [0.1, 0.15) is 0 Å². The highest BCUT2D eigenvalue weighted by atomic mass is 16.3. The van der Waals surface area contributed by atoms with E-state index >= 15 is 0 Å². The fourth-order valence-corrected chi connectivity index (χ4v) is 3.27. The van der Waals surface area contributed by atoms with E-state index < -0.39 is 6.10 Å². The van der Waals surface area contributed by atoms with Crippen LogP contribution in [0.25, 0.3) is 0 Å². The molecule has 0 amide bonds. The van der Waals surface area contributed by atoms with Crippen molar-refractivity contribution in [1.82, 2.24) is 15.5 Å². The number of hydrogen-bond acceptors (Lipinski definition) is 5. The van der Waals surface area contributed by atoms with E-state index in [0.717, 1.165) is 30.9 Å². The van der Waals surface area contributed by atoms with Gasteiger partial charge in [0.05, 0.1) is 6.10 Å². The van der Waals surface area contributed by atoms with Crippen LogP contribution in [0.15, 0.2) is 36.5 Å². The van der Waals surface area contributed by atoms with Crippen LogP contribution in [0.5, 0.6) is 0 Å². The average molecular weight is 326 g/mol. The van der Waals surface area contributed by atoms with Crippen LogP contribution in [0, 0.1) is 13.8 Å². The SMILES string of the molecule is Cc1ccc([C@H](O)CNC[C@H]2CCCN2c2cccnn2)cc1C. The lowest BCUT2D eigenvalue weighted by Crippen LogP contribution is -2.39. The van der Waals surface area contributed by atoms with Crippen LogP contribution in [0.3, 0.4) is 0 Å². The van der Waals surface area contributed by atoms with Gasteiger partial charge < -0.3 is 15.3 Å². The molecule has 2 N–H and O–H groups in total. The minimum Gasteiger partial charge on any atom is -0.387 e. The minimum atomic E-state index is -0.476. The van der Waals surface area contributed by atoms with Gasteiger partial charge in [-0.15, -0.1) is 5.10 Å². The molecule has 1 aromatic heterocycles. The van der Waals surface area contributed by atoms with Crippen molar-refractivity contribution in [3.63, 3.8) is 0 Å². The predicted octanol–water partition coefficient (Wildman–Crippen LogP) is 2.39. The zero-order chi connectivity index (χ0) is 16.9. The van der Waals surface area contributed by atoms with E-state index in [2.05, 4.69) is 46.4 Å². The van der Waals surface area contributed by atoms with E-state index in [9.17, 15) is 5.11 Å². The zero-order valence-electron chi connectivity index (χ0n) is 14.4. The third kappa shape index (κ3) is 3.91. The molecule has 2 heterocycles. The Bertz CT molecular complexity index is 662. The maximum absolute atomic E-state index is 10.4. The third-order valence-electron chi connectivity index (χ3n) is 4.86. The van der Waals surface area contributed by atoms with Gasteiger partial charge in [-0.25, -0.2) is 0 Å². The summed E-state index contributed by atoms with van der Waals surface area (Å²) in [5, 5.41) is 22.0. The maximum atomic E-state index is 10.4. The van der Waals surface area contributed by atoms with Crippen molar-refractivity contribution < 1.29 is 5.11 Å². The molecular formula is C19H26N4O. The molecule has 0 unspecified atom stereocenters. The molecule has 0 bridgehead atoms. The van der Waals surface area contributed by atoms with E-state index in [1.165, 1.54) is 17.5 Å². The van der Waals surface area contributed by atoms with E-state index in [1.54, 1.807) is 6.20 Å². The molecule has 5 nitrogen and oxygen atoms in total. The van der Waals surface area contributed by atoms with Crippen molar-refractivity contribution in [2.45, 2.75) is 38.8 Å². The Morgan fingerprint density at radius 3 is 2.92 bits per heavy atom. The topological polar surface area (TPSA) is 61.3 Å². The summed E-state index contributed by atoms with van der Waals surface area (Å²) in [4.78, 5) is 2.31. The summed E-state index contributed by atoms with van der Waals surface area (Å²) in [7, 11) is 0. The number of hydrogen-bond donors (Lipinski definition) is 2. The first kappa shape index (κ1) is 16.9. The highest BCUT2D eigenvalue weighted by Crippen LogP contribution is 2.23. The Morgan fingerprint density at radius 1 is 1.29 bits per heavy atom. The first-order valence-corrected chi connectivity index (χ1v) is 8.65. The van der Waals surface area contributed by atoms with Crippen molar-refractivity contribution >= 4 is 5.82 Å². The number of nitrogens with one attached hydrogen (secondary N) is 1. The van der Waals surface area contributed by atoms with Crippen LogP contribution in [-0.4, -0.2) is 41.0 Å². The summed E-state index contributed by atoms with van der Waals surface area (Å²) >= 11 is 0. The monoisotopic (exact) mass is 326 g/mol. The number of benzene rings is 1. The van der Waals surface area contributed by atoms with Gasteiger partial charge >= 0.3 is 0 Å². The molecule has 1 fully saturated rings. The fraction of sp³-hybridized carbons (Fsp3) is 0.474.